The number of nitrogens with one attached hydrogen (secondary N) is 2. The number of carbonyl (C=O) groups excluding carboxylic acids is 1. The molecule has 4 rings (SSSR count). The van der Waals surface area contributed by atoms with Crippen molar-refractivity contribution in [3.05, 3.63) is 68.8 Å². The first-order valence-corrected chi connectivity index (χ1v) is 10.9. The van der Waals surface area contributed by atoms with Crippen LogP contribution >= 0.6 is 34.8 Å². The molecule has 1 aromatic heterocycles. The van der Waals surface area contributed by atoms with E-state index in [9.17, 15) is 4.79 Å². The third kappa shape index (κ3) is 4.35. The standard InChI is InChI=1S/C22H21Cl3N4O/c1-13-20(22(30)27-17-3-2-10-26-12-17)28-29(19-9-8-16(24)11-18(19)25)21(13)14-4-6-15(23)7-5-14/h4-9,11,17,26H,2-3,10,12H2,1H3,(H,27,30)/t17-/m0/s1. The molecule has 0 aliphatic carbocycles. The molecule has 1 fully saturated rings. The smallest absolute Gasteiger partial charge is 0.272 e. The Balaban J connectivity index is 1.80. The molecule has 1 aliphatic heterocycles. The van der Waals surface area contributed by atoms with Crippen molar-refractivity contribution >= 4 is 40.7 Å². The van der Waals surface area contributed by atoms with Crippen LogP contribution in [-0.4, -0.2) is 34.8 Å². The van der Waals surface area contributed by atoms with Crippen molar-refractivity contribution in [1.29, 1.82) is 0 Å². The summed E-state index contributed by atoms with van der Waals surface area (Å²) in [6, 6.07) is 12.7. The molecule has 5 nitrogen and oxygen atoms in total. The Morgan fingerprint density at radius 2 is 1.87 bits per heavy atom. The van der Waals surface area contributed by atoms with Gasteiger partial charge in [0.2, 0.25) is 0 Å². The molecule has 0 spiro atoms. The van der Waals surface area contributed by atoms with Gasteiger partial charge >= 0.3 is 0 Å². The van der Waals surface area contributed by atoms with E-state index in [1.807, 2.05) is 31.2 Å². The van der Waals surface area contributed by atoms with E-state index in [4.69, 9.17) is 34.8 Å². The van der Waals surface area contributed by atoms with Gasteiger partial charge in [0.1, 0.15) is 0 Å². The van der Waals surface area contributed by atoms with Crippen molar-refractivity contribution in [2.24, 2.45) is 0 Å². The fourth-order valence-corrected chi connectivity index (χ4v) is 4.33. The highest BCUT2D eigenvalue weighted by atomic mass is 35.5. The number of benzene rings is 2. The Labute approximate surface area is 190 Å². The van der Waals surface area contributed by atoms with E-state index < -0.39 is 0 Å². The van der Waals surface area contributed by atoms with E-state index in [-0.39, 0.29) is 11.9 Å². The van der Waals surface area contributed by atoms with Gasteiger partial charge in [-0.1, -0.05) is 46.9 Å². The van der Waals surface area contributed by atoms with Gasteiger partial charge in [0.15, 0.2) is 5.69 Å². The average Bonchev–Trinajstić information content (AvgIpc) is 3.06. The summed E-state index contributed by atoms with van der Waals surface area (Å²) in [5, 5.41) is 12.7. The van der Waals surface area contributed by atoms with Crippen molar-refractivity contribution in [3.63, 3.8) is 0 Å². The number of carbonyl (C=O) groups is 1. The van der Waals surface area contributed by atoms with Crippen LogP contribution in [0.5, 0.6) is 0 Å². The van der Waals surface area contributed by atoms with Crippen molar-refractivity contribution in [2.75, 3.05) is 13.1 Å². The number of halogens is 3. The highest BCUT2D eigenvalue weighted by molar-refractivity contribution is 6.35. The lowest BCUT2D eigenvalue weighted by Crippen LogP contribution is -2.45. The van der Waals surface area contributed by atoms with Crippen molar-refractivity contribution in [1.82, 2.24) is 20.4 Å². The lowest BCUT2D eigenvalue weighted by molar-refractivity contribution is 0.0924. The summed E-state index contributed by atoms with van der Waals surface area (Å²) in [7, 11) is 0. The molecular weight excluding hydrogens is 443 g/mol. The van der Waals surface area contributed by atoms with E-state index in [2.05, 4.69) is 15.7 Å². The first-order valence-electron chi connectivity index (χ1n) is 9.76. The van der Waals surface area contributed by atoms with Crippen LogP contribution in [0.4, 0.5) is 0 Å². The van der Waals surface area contributed by atoms with Crippen LogP contribution < -0.4 is 10.6 Å². The summed E-state index contributed by atoms with van der Waals surface area (Å²) in [4.78, 5) is 13.1. The molecule has 2 N–H and O–H groups in total. The molecule has 2 heterocycles. The topological polar surface area (TPSA) is 59.0 Å². The third-order valence-electron chi connectivity index (χ3n) is 5.22. The molecule has 30 heavy (non-hydrogen) atoms. The van der Waals surface area contributed by atoms with Crippen molar-refractivity contribution in [3.8, 4) is 16.9 Å². The fraction of sp³-hybridized carbons (Fsp3) is 0.273. The molecule has 3 aromatic rings. The first-order chi connectivity index (χ1) is 14.4. The zero-order chi connectivity index (χ0) is 21.3. The predicted molar refractivity (Wildman–Crippen MR) is 122 cm³/mol. The number of piperidine rings is 1. The van der Waals surface area contributed by atoms with Gasteiger partial charge in [0.05, 0.1) is 16.4 Å². The largest absolute Gasteiger partial charge is 0.347 e. The Bertz CT molecular complexity index is 1070. The Morgan fingerprint density at radius 3 is 2.53 bits per heavy atom. The minimum Gasteiger partial charge on any atom is -0.347 e. The molecule has 1 aliphatic rings. The van der Waals surface area contributed by atoms with Gasteiger partial charge in [0, 0.05) is 33.8 Å². The minimum atomic E-state index is -0.194. The molecule has 1 atom stereocenters. The molecular formula is C22H21Cl3N4O. The first kappa shape index (κ1) is 21.2. The number of amides is 1. The molecule has 0 radical (unpaired) electrons. The van der Waals surface area contributed by atoms with Gasteiger partial charge in [-0.15, -0.1) is 0 Å². The lowest BCUT2D eigenvalue weighted by Gasteiger charge is -2.23. The summed E-state index contributed by atoms with van der Waals surface area (Å²) >= 11 is 18.6. The number of nitrogens with zero attached hydrogens (tertiary/aromatic N) is 2. The van der Waals surface area contributed by atoms with Crippen LogP contribution in [0.25, 0.3) is 16.9 Å². The number of rotatable bonds is 4. The second-order valence-corrected chi connectivity index (χ2v) is 8.63. The molecule has 8 heteroatoms. The van der Waals surface area contributed by atoms with Gasteiger partial charge in [-0.25, -0.2) is 4.68 Å². The summed E-state index contributed by atoms with van der Waals surface area (Å²) < 4.78 is 1.70. The Kier molecular flexibility index (Phi) is 6.34. The van der Waals surface area contributed by atoms with Crippen LogP contribution in [0.3, 0.4) is 0 Å². The maximum atomic E-state index is 13.1. The highest BCUT2D eigenvalue weighted by Crippen LogP contribution is 2.33. The van der Waals surface area contributed by atoms with Crippen LogP contribution in [0.1, 0.15) is 28.9 Å². The predicted octanol–water partition coefficient (Wildman–Crippen LogP) is 5.29. The summed E-state index contributed by atoms with van der Waals surface area (Å²) in [5.41, 5.74) is 3.45. The van der Waals surface area contributed by atoms with Crippen LogP contribution in [0.15, 0.2) is 42.5 Å². The molecule has 0 bridgehead atoms. The van der Waals surface area contributed by atoms with E-state index in [1.165, 1.54) is 0 Å². The minimum absolute atomic E-state index is 0.0916. The number of aromatic nitrogens is 2. The quantitative estimate of drug-likeness (QED) is 0.553. The molecule has 0 unspecified atom stereocenters. The molecule has 1 amide bonds. The van der Waals surface area contributed by atoms with Crippen molar-refractivity contribution < 1.29 is 4.79 Å². The maximum Gasteiger partial charge on any atom is 0.272 e. The van der Waals surface area contributed by atoms with Crippen LogP contribution in [0.2, 0.25) is 15.1 Å². The van der Waals surface area contributed by atoms with Crippen molar-refractivity contribution in [2.45, 2.75) is 25.8 Å². The van der Waals surface area contributed by atoms with E-state index >= 15 is 0 Å². The maximum absolute atomic E-state index is 13.1. The van der Waals surface area contributed by atoms with Crippen LogP contribution in [-0.2, 0) is 0 Å². The SMILES string of the molecule is Cc1c(C(=O)N[C@H]2CCCNC2)nn(-c2ccc(Cl)cc2Cl)c1-c1ccc(Cl)cc1. The fourth-order valence-electron chi connectivity index (χ4n) is 3.71. The third-order valence-corrected chi connectivity index (χ3v) is 6.01. The zero-order valence-corrected chi connectivity index (χ0v) is 18.7. The zero-order valence-electron chi connectivity index (χ0n) is 16.4. The van der Waals surface area contributed by atoms with Gasteiger partial charge < -0.3 is 10.6 Å². The Hall–Kier alpha value is -2.05. The second kappa shape index (κ2) is 8.98. The van der Waals surface area contributed by atoms with E-state index in [0.717, 1.165) is 42.8 Å². The van der Waals surface area contributed by atoms with E-state index in [0.29, 0.717) is 26.4 Å². The number of hydrogen-bond acceptors (Lipinski definition) is 3. The molecule has 2 aromatic carbocycles. The lowest BCUT2D eigenvalue weighted by atomic mass is 10.0. The summed E-state index contributed by atoms with van der Waals surface area (Å²) in [6.07, 6.45) is 1.99. The molecule has 0 saturated carbocycles. The molecule has 156 valence electrons. The Morgan fingerprint density at radius 1 is 1.13 bits per heavy atom. The van der Waals surface area contributed by atoms with Gasteiger partial charge in [-0.3, -0.25) is 4.79 Å². The van der Waals surface area contributed by atoms with Gasteiger partial charge in [-0.2, -0.15) is 5.10 Å². The van der Waals surface area contributed by atoms with Gasteiger partial charge in [-0.05, 0) is 56.6 Å². The highest BCUT2D eigenvalue weighted by Gasteiger charge is 2.25. The molecule has 1 saturated heterocycles. The number of hydrogen-bond donors (Lipinski definition) is 2. The summed E-state index contributed by atoms with van der Waals surface area (Å²) in [6.45, 7) is 3.64. The average molecular weight is 464 g/mol. The monoisotopic (exact) mass is 462 g/mol. The second-order valence-electron chi connectivity index (χ2n) is 7.35. The normalized spacial score (nSPS) is 16.5. The van der Waals surface area contributed by atoms with Gasteiger partial charge in [0.25, 0.3) is 5.91 Å². The summed E-state index contributed by atoms with van der Waals surface area (Å²) in [5.74, 6) is -0.194. The van der Waals surface area contributed by atoms with Crippen LogP contribution in [0, 0.1) is 6.92 Å². The van der Waals surface area contributed by atoms with E-state index in [1.54, 1.807) is 22.9 Å².